The van der Waals surface area contributed by atoms with Gasteiger partial charge in [0.15, 0.2) is 0 Å². The quantitative estimate of drug-likeness (QED) is 0.539. The summed E-state index contributed by atoms with van der Waals surface area (Å²) in [5.74, 6) is 0.117. The maximum Gasteiger partial charge on any atom is 0.120 e. The lowest BCUT2D eigenvalue weighted by atomic mass is 10.2. The number of nitrogens with zero attached hydrogens (tertiary/aromatic N) is 1. The minimum Gasteiger partial charge on any atom is -0.334 e. The van der Waals surface area contributed by atoms with Gasteiger partial charge in [0.1, 0.15) is 6.63 Å². The second-order valence-corrected chi connectivity index (χ2v) is 10.6. The Morgan fingerprint density at radius 1 is 1.11 bits per heavy atom. The summed E-state index contributed by atoms with van der Waals surface area (Å²) < 4.78 is 0. The Morgan fingerprint density at radius 2 is 1.84 bits per heavy atom. The van der Waals surface area contributed by atoms with Crippen molar-refractivity contribution < 1.29 is 0 Å². The minimum absolute atomic E-state index is 0.117. The van der Waals surface area contributed by atoms with Crippen molar-refractivity contribution in [2.45, 2.75) is 5.78 Å². The van der Waals surface area contributed by atoms with Crippen molar-refractivity contribution in [1.82, 2.24) is 4.90 Å². The van der Waals surface area contributed by atoms with Crippen molar-refractivity contribution in [2.24, 2.45) is 0 Å². The van der Waals surface area contributed by atoms with Gasteiger partial charge in [-0.2, -0.15) is 0 Å². The minimum atomic E-state index is -1.21. The summed E-state index contributed by atoms with van der Waals surface area (Å²) in [6, 6.07) is 10.3. The van der Waals surface area contributed by atoms with Crippen LogP contribution in [0.25, 0.3) is 0 Å². The number of halogens is 3. The normalized spacial score (nSPS) is 25.4. The van der Waals surface area contributed by atoms with Gasteiger partial charge < -0.3 is 4.90 Å². The topological polar surface area (TPSA) is 3.24 Å². The van der Waals surface area contributed by atoms with Gasteiger partial charge in [0.2, 0.25) is 0 Å². The van der Waals surface area contributed by atoms with Crippen LogP contribution in [0, 0.1) is 0 Å². The van der Waals surface area contributed by atoms with E-state index in [4.69, 9.17) is 33.7 Å². The molecule has 6 heteroatoms. The van der Waals surface area contributed by atoms with Crippen LogP contribution < -0.4 is 0 Å². The molecule has 98 valence electrons. The van der Waals surface area contributed by atoms with Crippen LogP contribution in [0.15, 0.2) is 65.5 Å². The number of allylic oxidation sites excluding steroid dienone is 3. The number of hydrogen-bond acceptors (Lipinski definition) is 1. The second-order valence-electron chi connectivity index (χ2n) is 4.15. The van der Waals surface area contributed by atoms with Gasteiger partial charge in [-0.25, -0.2) is 0 Å². The monoisotopic (exact) mass is 347 g/mol. The predicted octanol–water partition coefficient (Wildman–Crippen LogP) is 6.68. The molecule has 0 spiro atoms. The third-order valence-corrected chi connectivity index (χ3v) is 9.60. The van der Waals surface area contributed by atoms with Crippen LogP contribution in [0.2, 0.25) is 0 Å². The summed E-state index contributed by atoms with van der Waals surface area (Å²) in [7, 11) is -0.918. The van der Waals surface area contributed by atoms with Crippen LogP contribution in [0.1, 0.15) is 11.3 Å². The van der Waals surface area contributed by atoms with Crippen molar-refractivity contribution >= 4 is 47.6 Å². The molecular formula is C13H10Cl3NP2. The number of rotatable bonds is 2. The molecule has 2 atom stereocenters. The molecule has 1 aromatic rings. The first-order valence-corrected chi connectivity index (χ1v) is 11.2. The number of benzene rings is 1. The van der Waals surface area contributed by atoms with Gasteiger partial charge in [-0.1, -0.05) is 70.1 Å². The fourth-order valence-corrected chi connectivity index (χ4v) is 9.27. The van der Waals surface area contributed by atoms with Gasteiger partial charge in [0.25, 0.3) is 0 Å². The standard InChI is InChI=1S/C13H10Cl3NP2/c14-18-12(10-6-2-1-3-7-10)17-9-5-4-8-11(17)13(18)19(15)16/h1-9,12H. The predicted molar refractivity (Wildman–Crippen MR) is 87.7 cm³/mol. The first-order chi connectivity index (χ1) is 9.20. The third kappa shape index (κ3) is 2.48. The van der Waals surface area contributed by atoms with Gasteiger partial charge in [-0.3, -0.25) is 0 Å². The molecule has 0 fully saturated rings. The molecule has 0 N–H and O–H groups in total. The Hall–Kier alpha value is -0.0300. The summed E-state index contributed by atoms with van der Waals surface area (Å²) >= 11 is 19.0. The molecule has 2 aliphatic heterocycles. The fraction of sp³-hybridized carbons (Fsp3) is 0.0769. The molecule has 0 saturated carbocycles. The fourth-order valence-electron chi connectivity index (χ4n) is 2.27. The molecule has 0 aliphatic carbocycles. The molecule has 0 radical (unpaired) electrons. The highest BCUT2D eigenvalue weighted by Crippen LogP contribution is 2.80. The average molecular weight is 349 g/mol. The van der Waals surface area contributed by atoms with Crippen molar-refractivity contribution in [2.75, 3.05) is 0 Å². The molecule has 1 aromatic carbocycles. The van der Waals surface area contributed by atoms with Crippen molar-refractivity contribution in [3.63, 3.8) is 0 Å². The maximum absolute atomic E-state index is 6.69. The van der Waals surface area contributed by atoms with E-state index in [1.165, 1.54) is 5.56 Å². The highest BCUT2D eigenvalue weighted by atomic mass is 35.9. The van der Waals surface area contributed by atoms with Gasteiger partial charge in [-0.15, -0.1) is 0 Å². The van der Waals surface area contributed by atoms with E-state index in [-0.39, 0.29) is 5.78 Å². The smallest absolute Gasteiger partial charge is 0.120 e. The third-order valence-electron chi connectivity index (χ3n) is 3.06. The first-order valence-electron chi connectivity index (χ1n) is 5.69. The average Bonchev–Trinajstić information content (AvgIpc) is 2.71. The largest absolute Gasteiger partial charge is 0.334 e. The summed E-state index contributed by atoms with van der Waals surface area (Å²) in [6.07, 6.45) is 8.08. The Labute approximate surface area is 129 Å². The highest BCUT2D eigenvalue weighted by molar-refractivity contribution is 8.15. The Bertz CT molecular complexity index is 569. The Morgan fingerprint density at radius 3 is 2.53 bits per heavy atom. The van der Waals surface area contributed by atoms with Crippen LogP contribution in [0.4, 0.5) is 0 Å². The van der Waals surface area contributed by atoms with E-state index in [9.17, 15) is 0 Å². The molecular weight excluding hydrogens is 338 g/mol. The van der Waals surface area contributed by atoms with Gasteiger partial charge in [0, 0.05) is 11.3 Å². The molecule has 0 amide bonds. The molecule has 0 aromatic heterocycles. The van der Waals surface area contributed by atoms with Gasteiger partial charge in [-0.05, 0) is 17.7 Å². The molecule has 1 nitrogen and oxygen atoms in total. The van der Waals surface area contributed by atoms with Crippen LogP contribution in [0.5, 0.6) is 0 Å². The molecule has 2 unspecified atom stereocenters. The summed E-state index contributed by atoms with van der Waals surface area (Å²) in [5, 5.41) is 1.00. The van der Waals surface area contributed by atoms with E-state index >= 15 is 0 Å². The summed E-state index contributed by atoms with van der Waals surface area (Å²) in [6.45, 7) is -1.21. The second kappa shape index (κ2) is 5.76. The molecule has 2 heterocycles. The van der Waals surface area contributed by atoms with Crippen LogP contribution >= 0.6 is 47.6 Å². The first kappa shape index (κ1) is 13.9. The van der Waals surface area contributed by atoms with Crippen molar-refractivity contribution in [3.8, 4) is 0 Å². The zero-order valence-corrected chi connectivity index (χ0v) is 13.8. The molecule has 19 heavy (non-hydrogen) atoms. The maximum atomic E-state index is 6.69. The lowest BCUT2D eigenvalue weighted by Gasteiger charge is -2.27. The van der Waals surface area contributed by atoms with Crippen molar-refractivity contribution in [1.29, 1.82) is 0 Å². The van der Waals surface area contributed by atoms with E-state index < -0.39 is 13.9 Å². The van der Waals surface area contributed by atoms with E-state index in [1.807, 2.05) is 42.6 Å². The Balaban J connectivity index is 2.07. The van der Waals surface area contributed by atoms with Gasteiger partial charge in [0.05, 0.1) is 18.8 Å². The van der Waals surface area contributed by atoms with Crippen molar-refractivity contribution in [3.05, 3.63) is 71.1 Å². The SMILES string of the molecule is ClP(Cl)C1=C2C=CC=CN2C(c2ccccc2)P1Cl. The van der Waals surface area contributed by atoms with E-state index in [0.29, 0.717) is 0 Å². The van der Waals surface area contributed by atoms with E-state index in [2.05, 4.69) is 17.0 Å². The Kier molecular flexibility index (Phi) is 4.22. The number of fused-ring (bicyclic) bond motifs is 1. The van der Waals surface area contributed by atoms with Crippen LogP contribution in [-0.2, 0) is 0 Å². The summed E-state index contributed by atoms with van der Waals surface area (Å²) in [5.41, 5.74) is 2.26. The lowest BCUT2D eigenvalue weighted by molar-refractivity contribution is 0.465. The highest BCUT2D eigenvalue weighted by Gasteiger charge is 2.41. The van der Waals surface area contributed by atoms with Crippen LogP contribution in [0.3, 0.4) is 0 Å². The zero-order chi connectivity index (χ0) is 13.4. The van der Waals surface area contributed by atoms with Crippen LogP contribution in [-0.4, -0.2) is 4.90 Å². The lowest BCUT2D eigenvalue weighted by Crippen LogP contribution is -2.16. The van der Waals surface area contributed by atoms with Gasteiger partial charge >= 0.3 is 0 Å². The van der Waals surface area contributed by atoms with E-state index in [0.717, 1.165) is 10.8 Å². The zero-order valence-electron chi connectivity index (χ0n) is 9.75. The molecule has 0 bridgehead atoms. The molecule has 2 aliphatic rings. The number of hydrogen-bond donors (Lipinski definition) is 0. The van der Waals surface area contributed by atoms with E-state index in [1.54, 1.807) is 0 Å². The molecule has 0 saturated heterocycles. The molecule has 3 rings (SSSR count). The summed E-state index contributed by atoms with van der Waals surface area (Å²) in [4.78, 5) is 2.18.